The molecule has 3 rings (SSSR count). The number of aliphatic hydroxyl groups is 1. The first-order valence-electron chi connectivity index (χ1n) is 7.26. The molecule has 10 heteroatoms. The molecular formula is C16H12BrF3N2O3S. The summed E-state index contributed by atoms with van der Waals surface area (Å²) in [6.07, 6.45) is -3.67. The van der Waals surface area contributed by atoms with E-state index in [-0.39, 0.29) is 9.37 Å². The first-order chi connectivity index (χ1) is 12.1. The van der Waals surface area contributed by atoms with E-state index in [9.17, 15) is 26.7 Å². The highest BCUT2D eigenvalue weighted by Crippen LogP contribution is 2.41. The second-order valence-electron chi connectivity index (χ2n) is 5.58. The first-order valence-corrected chi connectivity index (χ1v) is 9.50. The number of halogens is 4. The Morgan fingerprint density at radius 1 is 1.23 bits per heavy atom. The molecule has 3 aromatic rings. The molecule has 0 unspecified atom stereocenters. The van der Waals surface area contributed by atoms with E-state index in [0.717, 1.165) is 11.6 Å². The lowest BCUT2D eigenvalue weighted by atomic mass is 10.1. The summed E-state index contributed by atoms with van der Waals surface area (Å²) in [6, 6.07) is 6.79. The monoisotopic (exact) mass is 448 g/mol. The summed E-state index contributed by atoms with van der Waals surface area (Å²) in [5, 5.41) is 9.15. The normalized spacial score (nSPS) is 12.7. The minimum atomic E-state index is -4.87. The topological polar surface area (TPSA) is 72.2 Å². The van der Waals surface area contributed by atoms with E-state index >= 15 is 0 Å². The summed E-state index contributed by atoms with van der Waals surface area (Å²) in [4.78, 5) is 3.66. The third-order valence-corrected chi connectivity index (χ3v) is 6.00. The Balaban J connectivity index is 2.45. The number of aryl methyl sites for hydroxylation is 1. The van der Waals surface area contributed by atoms with Gasteiger partial charge < -0.3 is 5.11 Å². The first kappa shape index (κ1) is 18.9. The number of alkyl halides is 3. The Morgan fingerprint density at radius 3 is 2.38 bits per heavy atom. The molecule has 1 N–H and O–H groups in total. The largest absolute Gasteiger partial charge is 0.418 e. The van der Waals surface area contributed by atoms with Crippen LogP contribution in [0, 0.1) is 6.92 Å². The van der Waals surface area contributed by atoms with Crippen LogP contribution in [0.3, 0.4) is 0 Å². The molecule has 138 valence electrons. The van der Waals surface area contributed by atoms with Crippen LogP contribution in [-0.2, 0) is 22.8 Å². The number of aliphatic hydroxyl groups excluding tert-OH is 1. The summed E-state index contributed by atoms with van der Waals surface area (Å²) in [5.74, 6) is 0. The Labute approximate surface area is 155 Å². The van der Waals surface area contributed by atoms with Gasteiger partial charge in [0.15, 0.2) is 5.65 Å². The van der Waals surface area contributed by atoms with Gasteiger partial charge in [0.1, 0.15) is 0 Å². The van der Waals surface area contributed by atoms with Crippen LogP contribution >= 0.6 is 15.9 Å². The third-order valence-electron chi connectivity index (χ3n) is 3.82. The van der Waals surface area contributed by atoms with Crippen LogP contribution in [0.15, 0.2) is 45.9 Å². The van der Waals surface area contributed by atoms with Gasteiger partial charge in [-0.05, 0) is 41.1 Å². The maximum Gasteiger partial charge on any atom is 0.418 e. The lowest BCUT2D eigenvalue weighted by Gasteiger charge is -2.12. The van der Waals surface area contributed by atoms with Crippen molar-refractivity contribution >= 4 is 37.0 Å². The average molecular weight is 449 g/mol. The fourth-order valence-corrected chi connectivity index (χ4v) is 4.53. The van der Waals surface area contributed by atoms with Crippen molar-refractivity contribution in [2.75, 3.05) is 0 Å². The van der Waals surface area contributed by atoms with Gasteiger partial charge in [0.25, 0.3) is 10.0 Å². The van der Waals surface area contributed by atoms with Gasteiger partial charge in [-0.2, -0.15) is 13.2 Å². The van der Waals surface area contributed by atoms with Gasteiger partial charge in [-0.3, -0.25) is 0 Å². The number of aromatic nitrogens is 2. The highest BCUT2D eigenvalue weighted by atomic mass is 79.9. The van der Waals surface area contributed by atoms with Crippen LogP contribution in [0.2, 0.25) is 0 Å². The molecule has 0 bridgehead atoms. The quantitative estimate of drug-likeness (QED) is 0.660. The van der Waals surface area contributed by atoms with Crippen LogP contribution in [0.5, 0.6) is 0 Å². The zero-order chi connectivity index (χ0) is 19.3. The Kier molecular flexibility index (Phi) is 4.62. The number of benzene rings is 1. The number of nitrogens with zero attached hydrogens (tertiary/aromatic N) is 2. The van der Waals surface area contributed by atoms with E-state index in [1.54, 1.807) is 6.92 Å². The van der Waals surface area contributed by atoms with Gasteiger partial charge >= 0.3 is 6.18 Å². The average Bonchev–Trinajstić information content (AvgIpc) is 2.89. The van der Waals surface area contributed by atoms with E-state index in [4.69, 9.17) is 0 Å². The van der Waals surface area contributed by atoms with Gasteiger partial charge in [0.2, 0.25) is 0 Å². The van der Waals surface area contributed by atoms with Crippen molar-refractivity contribution in [3.05, 3.63) is 57.8 Å². The molecule has 5 nitrogen and oxygen atoms in total. The molecule has 0 radical (unpaired) electrons. The molecule has 0 aliphatic carbocycles. The van der Waals surface area contributed by atoms with Gasteiger partial charge in [0.05, 0.1) is 22.8 Å². The van der Waals surface area contributed by atoms with Crippen molar-refractivity contribution in [1.82, 2.24) is 8.96 Å². The highest BCUT2D eigenvalue weighted by molar-refractivity contribution is 9.10. The van der Waals surface area contributed by atoms with Gasteiger partial charge in [-0.25, -0.2) is 17.4 Å². The Hall–Kier alpha value is -1.91. The zero-order valence-electron chi connectivity index (χ0n) is 13.2. The van der Waals surface area contributed by atoms with Crippen LogP contribution < -0.4 is 0 Å². The highest BCUT2D eigenvalue weighted by Gasteiger charge is 2.41. The zero-order valence-corrected chi connectivity index (χ0v) is 15.7. The van der Waals surface area contributed by atoms with Gasteiger partial charge in [0, 0.05) is 16.1 Å². The SMILES string of the molecule is Cc1ccc(S(=O)(=O)n2c(CO)c(C(F)(F)F)c3cc(Br)cnc32)cc1. The van der Waals surface area contributed by atoms with Crippen molar-refractivity contribution in [3.63, 3.8) is 0 Å². The van der Waals surface area contributed by atoms with E-state index in [1.165, 1.54) is 30.5 Å². The van der Waals surface area contributed by atoms with E-state index in [1.807, 2.05) is 0 Å². The summed E-state index contributed by atoms with van der Waals surface area (Å²) in [7, 11) is -4.40. The summed E-state index contributed by atoms with van der Waals surface area (Å²) >= 11 is 3.04. The Morgan fingerprint density at radius 2 is 1.85 bits per heavy atom. The molecule has 0 amide bonds. The third kappa shape index (κ3) is 3.01. The molecule has 1 aromatic carbocycles. The minimum Gasteiger partial charge on any atom is -0.390 e. The molecule has 0 saturated carbocycles. The lowest BCUT2D eigenvalue weighted by Crippen LogP contribution is -2.18. The van der Waals surface area contributed by atoms with Crippen molar-refractivity contribution in [3.8, 4) is 0 Å². The minimum absolute atomic E-state index is 0.201. The molecule has 2 heterocycles. The maximum atomic E-state index is 13.6. The van der Waals surface area contributed by atoms with Crippen molar-refractivity contribution in [2.45, 2.75) is 24.6 Å². The smallest absolute Gasteiger partial charge is 0.390 e. The Bertz CT molecular complexity index is 1090. The molecule has 0 aliphatic rings. The van der Waals surface area contributed by atoms with E-state index < -0.39 is 45.1 Å². The molecular weight excluding hydrogens is 437 g/mol. The molecule has 0 saturated heterocycles. The van der Waals surface area contributed by atoms with Crippen LogP contribution in [0.25, 0.3) is 11.0 Å². The standard InChI is InChI=1S/C16H12BrF3N2O3S/c1-9-2-4-11(5-3-9)26(24,25)22-13(8-23)14(16(18,19)20)12-6-10(17)7-21-15(12)22/h2-7,23H,8H2,1H3. The maximum absolute atomic E-state index is 13.6. The molecule has 26 heavy (non-hydrogen) atoms. The van der Waals surface area contributed by atoms with Crippen LogP contribution in [0.1, 0.15) is 16.8 Å². The predicted octanol–water partition coefficient (Wildman–Crippen LogP) is 3.86. The molecule has 0 fully saturated rings. The fourth-order valence-electron chi connectivity index (χ4n) is 2.70. The number of hydrogen-bond acceptors (Lipinski definition) is 4. The number of hydrogen-bond donors (Lipinski definition) is 1. The fraction of sp³-hybridized carbons (Fsp3) is 0.188. The van der Waals surface area contributed by atoms with Crippen LogP contribution in [-0.4, -0.2) is 22.5 Å². The second-order valence-corrected chi connectivity index (χ2v) is 8.29. The number of pyridine rings is 1. The molecule has 0 aliphatic heterocycles. The van der Waals surface area contributed by atoms with E-state index in [2.05, 4.69) is 20.9 Å². The molecule has 2 aromatic heterocycles. The molecule has 0 spiro atoms. The molecule has 0 atom stereocenters. The second kappa shape index (κ2) is 6.36. The van der Waals surface area contributed by atoms with Crippen LogP contribution in [0.4, 0.5) is 13.2 Å². The predicted molar refractivity (Wildman–Crippen MR) is 92.1 cm³/mol. The van der Waals surface area contributed by atoms with Crippen molar-refractivity contribution < 1.29 is 26.7 Å². The summed E-state index contributed by atoms with van der Waals surface area (Å²) in [6.45, 7) is 0.634. The van der Waals surface area contributed by atoms with Gasteiger partial charge in [-0.15, -0.1) is 0 Å². The van der Waals surface area contributed by atoms with Gasteiger partial charge in [-0.1, -0.05) is 17.7 Å². The summed E-state index contributed by atoms with van der Waals surface area (Å²) < 4.78 is 67.5. The van der Waals surface area contributed by atoms with Crippen molar-refractivity contribution in [2.24, 2.45) is 0 Å². The van der Waals surface area contributed by atoms with E-state index in [0.29, 0.717) is 3.97 Å². The number of fused-ring (bicyclic) bond motifs is 1. The van der Waals surface area contributed by atoms with Crippen molar-refractivity contribution in [1.29, 1.82) is 0 Å². The lowest BCUT2D eigenvalue weighted by molar-refractivity contribution is -0.137. The summed E-state index contributed by atoms with van der Waals surface area (Å²) in [5.41, 5.74) is -1.61. The number of rotatable bonds is 3.